The highest BCUT2D eigenvalue weighted by molar-refractivity contribution is 5.94. The molecule has 0 bridgehead atoms. The molecule has 0 saturated carbocycles. The van der Waals surface area contributed by atoms with Gasteiger partial charge in [-0.3, -0.25) is 4.79 Å². The van der Waals surface area contributed by atoms with E-state index in [4.69, 9.17) is 5.26 Å². The molecule has 1 heterocycles. The SMILES string of the molecule is N#Cc1cccc(CNC(=O)c2ccnc(F)c2F)c1. The lowest BCUT2D eigenvalue weighted by molar-refractivity contribution is 0.0945. The van der Waals surface area contributed by atoms with Gasteiger partial charge in [-0.2, -0.15) is 9.65 Å². The highest BCUT2D eigenvalue weighted by Gasteiger charge is 2.15. The molecule has 0 spiro atoms. The highest BCUT2D eigenvalue weighted by Crippen LogP contribution is 2.09. The van der Waals surface area contributed by atoms with Gasteiger partial charge >= 0.3 is 0 Å². The molecule has 20 heavy (non-hydrogen) atoms. The Kier molecular flexibility index (Phi) is 4.01. The normalized spacial score (nSPS) is 9.85. The quantitative estimate of drug-likeness (QED) is 0.871. The van der Waals surface area contributed by atoms with E-state index in [2.05, 4.69) is 10.3 Å². The summed E-state index contributed by atoms with van der Waals surface area (Å²) in [6, 6.07) is 9.68. The molecule has 1 aromatic heterocycles. The predicted molar refractivity (Wildman–Crippen MR) is 66.5 cm³/mol. The lowest BCUT2D eigenvalue weighted by Crippen LogP contribution is -2.24. The van der Waals surface area contributed by atoms with Gasteiger partial charge in [-0.15, -0.1) is 0 Å². The van der Waals surface area contributed by atoms with E-state index in [-0.39, 0.29) is 6.54 Å². The van der Waals surface area contributed by atoms with Gasteiger partial charge in [-0.05, 0) is 23.8 Å². The molecule has 2 aromatic rings. The Bertz CT molecular complexity index is 695. The summed E-state index contributed by atoms with van der Waals surface area (Å²) in [6.07, 6.45) is 1.02. The molecule has 0 fully saturated rings. The summed E-state index contributed by atoms with van der Waals surface area (Å²) in [7, 11) is 0. The molecule has 0 unspecified atom stereocenters. The zero-order valence-electron chi connectivity index (χ0n) is 10.2. The Balaban J connectivity index is 2.09. The first-order valence-electron chi connectivity index (χ1n) is 5.69. The van der Waals surface area contributed by atoms with Gasteiger partial charge < -0.3 is 5.32 Å². The van der Waals surface area contributed by atoms with Crippen LogP contribution in [0.2, 0.25) is 0 Å². The minimum atomic E-state index is -1.32. The topological polar surface area (TPSA) is 65.8 Å². The summed E-state index contributed by atoms with van der Waals surface area (Å²) in [5, 5.41) is 11.2. The number of nitriles is 1. The van der Waals surface area contributed by atoms with E-state index >= 15 is 0 Å². The third-order valence-corrected chi connectivity index (χ3v) is 2.60. The van der Waals surface area contributed by atoms with Crippen LogP contribution in [-0.2, 0) is 6.54 Å². The number of rotatable bonds is 3. The number of nitrogens with zero attached hydrogens (tertiary/aromatic N) is 2. The van der Waals surface area contributed by atoms with E-state index in [1.54, 1.807) is 24.3 Å². The highest BCUT2D eigenvalue weighted by atomic mass is 19.2. The van der Waals surface area contributed by atoms with Crippen molar-refractivity contribution >= 4 is 5.91 Å². The van der Waals surface area contributed by atoms with Crippen LogP contribution in [0.5, 0.6) is 0 Å². The monoisotopic (exact) mass is 273 g/mol. The molecule has 0 aliphatic heterocycles. The molecule has 6 heteroatoms. The van der Waals surface area contributed by atoms with Crippen molar-refractivity contribution < 1.29 is 13.6 Å². The average Bonchev–Trinajstić information content (AvgIpc) is 2.48. The van der Waals surface area contributed by atoms with E-state index < -0.39 is 23.2 Å². The molecule has 4 nitrogen and oxygen atoms in total. The largest absolute Gasteiger partial charge is 0.348 e. The molecule has 0 atom stereocenters. The van der Waals surface area contributed by atoms with Gasteiger partial charge in [0.2, 0.25) is 5.95 Å². The minimum absolute atomic E-state index is 0.109. The fraction of sp³-hybridized carbons (Fsp3) is 0.0714. The van der Waals surface area contributed by atoms with E-state index in [1.807, 2.05) is 6.07 Å². The first-order chi connectivity index (χ1) is 9.61. The lowest BCUT2D eigenvalue weighted by atomic mass is 10.1. The maximum absolute atomic E-state index is 13.4. The molecule has 0 aliphatic carbocycles. The number of halogens is 2. The Morgan fingerprint density at radius 1 is 1.35 bits per heavy atom. The van der Waals surface area contributed by atoms with Crippen LogP contribution < -0.4 is 5.32 Å². The number of benzene rings is 1. The number of hydrogen-bond donors (Lipinski definition) is 1. The summed E-state index contributed by atoms with van der Waals surface area (Å²) in [4.78, 5) is 14.8. The van der Waals surface area contributed by atoms with Crippen molar-refractivity contribution in [3.8, 4) is 6.07 Å². The maximum Gasteiger partial charge on any atom is 0.254 e. The second kappa shape index (κ2) is 5.89. The van der Waals surface area contributed by atoms with Gasteiger partial charge in [0.25, 0.3) is 5.91 Å². The first-order valence-corrected chi connectivity index (χ1v) is 5.69. The van der Waals surface area contributed by atoms with Crippen LogP contribution in [0.3, 0.4) is 0 Å². The van der Waals surface area contributed by atoms with Crippen LogP contribution in [-0.4, -0.2) is 10.9 Å². The van der Waals surface area contributed by atoms with E-state index in [9.17, 15) is 13.6 Å². The number of aromatic nitrogens is 1. The molecule has 0 aliphatic rings. The molecule has 100 valence electrons. The Hall–Kier alpha value is -2.81. The number of pyridine rings is 1. The van der Waals surface area contributed by atoms with Gasteiger partial charge in [0.15, 0.2) is 5.82 Å². The summed E-state index contributed by atoms with van der Waals surface area (Å²) in [5.41, 5.74) is 0.735. The molecule has 0 radical (unpaired) electrons. The van der Waals surface area contributed by atoms with Crippen molar-refractivity contribution in [3.05, 3.63) is 65.0 Å². The zero-order valence-corrected chi connectivity index (χ0v) is 10.2. The smallest absolute Gasteiger partial charge is 0.254 e. The molecule has 1 aromatic carbocycles. The van der Waals surface area contributed by atoms with Crippen molar-refractivity contribution in [1.29, 1.82) is 5.26 Å². The zero-order chi connectivity index (χ0) is 14.5. The van der Waals surface area contributed by atoms with Crippen LogP contribution in [0.15, 0.2) is 36.5 Å². The van der Waals surface area contributed by atoms with Crippen LogP contribution in [0.25, 0.3) is 0 Å². The second-order valence-electron chi connectivity index (χ2n) is 3.96. The van der Waals surface area contributed by atoms with Gasteiger partial charge in [-0.1, -0.05) is 12.1 Å². The number of amides is 1. The van der Waals surface area contributed by atoms with Crippen LogP contribution >= 0.6 is 0 Å². The molecular formula is C14H9F2N3O. The first kappa shape index (κ1) is 13.6. The average molecular weight is 273 g/mol. The number of carbonyl (C=O) groups excluding carboxylic acids is 1. The summed E-state index contributed by atoms with van der Waals surface area (Å²) in [5.74, 6) is -3.34. The number of nitrogens with one attached hydrogen (secondary N) is 1. The fourth-order valence-electron chi connectivity index (χ4n) is 1.62. The van der Waals surface area contributed by atoms with Gasteiger partial charge in [0.1, 0.15) is 0 Å². The summed E-state index contributed by atoms with van der Waals surface area (Å²) < 4.78 is 26.3. The van der Waals surface area contributed by atoms with Crippen LogP contribution in [0, 0.1) is 23.1 Å². The molecule has 1 N–H and O–H groups in total. The third-order valence-electron chi connectivity index (χ3n) is 2.60. The second-order valence-corrected chi connectivity index (χ2v) is 3.96. The van der Waals surface area contributed by atoms with Crippen molar-refractivity contribution in [3.63, 3.8) is 0 Å². The number of carbonyl (C=O) groups is 1. The molecular weight excluding hydrogens is 264 g/mol. The van der Waals surface area contributed by atoms with Crippen molar-refractivity contribution in [2.75, 3.05) is 0 Å². The van der Waals surface area contributed by atoms with E-state index in [0.717, 1.165) is 12.3 Å². The molecule has 2 rings (SSSR count). The van der Waals surface area contributed by atoms with Crippen molar-refractivity contribution in [2.45, 2.75) is 6.54 Å². The van der Waals surface area contributed by atoms with E-state index in [0.29, 0.717) is 11.1 Å². The van der Waals surface area contributed by atoms with E-state index in [1.165, 1.54) is 0 Å². The van der Waals surface area contributed by atoms with Crippen molar-refractivity contribution in [1.82, 2.24) is 10.3 Å². The minimum Gasteiger partial charge on any atom is -0.348 e. The Morgan fingerprint density at radius 2 is 2.15 bits per heavy atom. The van der Waals surface area contributed by atoms with Gasteiger partial charge in [0, 0.05) is 12.7 Å². The van der Waals surface area contributed by atoms with Gasteiger partial charge in [-0.25, -0.2) is 9.37 Å². The third kappa shape index (κ3) is 2.95. The lowest BCUT2D eigenvalue weighted by Gasteiger charge is -2.06. The van der Waals surface area contributed by atoms with Crippen LogP contribution in [0.1, 0.15) is 21.5 Å². The molecule has 1 amide bonds. The fourth-order valence-corrected chi connectivity index (χ4v) is 1.62. The van der Waals surface area contributed by atoms with Crippen LogP contribution in [0.4, 0.5) is 8.78 Å². The van der Waals surface area contributed by atoms with Crippen molar-refractivity contribution in [2.24, 2.45) is 0 Å². The Morgan fingerprint density at radius 3 is 2.90 bits per heavy atom. The summed E-state index contributed by atoms with van der Waals surface area (Å²) in [6.45, 7) is 0.109. The summed E-state index contributed by atoms with van der Waals surface area (Å²) >= 11 is 0. The maximum atomic E-state index is 13.4. The number of hydrogen-bond acceptors (Lipinski definition) is 3. The predicted octanol–water partition coefficient (Wildman–Crippen LogP) is 2.16. The Labute approximate surface area is 113 Å². The van der Waals surface area contributed by atoms with Gasteiger partial charge in [0.05, 0.1) is 17.2 Å². The molecule has 0 saturated heterocycles. The standard InChI is InChI=1S/C14H9F2N3O/c15-12-11(4-5-18-13(12)16)14(20)19-8-10-3-1-2-9(6-10)7-17/h1-6H,8H2,(H,19,20).